The second kappa shape index (κ2) is 6.50. The van der Waals surface area contributed by atoms with Gasteiger partial charge in [0.05, 0.1) is 11.4 Å². The fraction of sp³-hybridized carbons (Fsp3) is 0. The average Bonchev–Trinajstić information content (AvgIpc) is 2.99. The number of nitrogens with zero attached hydrogens (tertiary/aromatic N) is 2. The van der Waals surface area contributed by atoms with Gasteiger partial charge in [0, 0.05) is 28.4 Å². The predicted molar refractivity (Wildman–Crippen MR) is 90.7 cm³/mol. The first-order valence-electron chi connectivity index (χ1n) is 6.95. The molecule has 0 aliphatic rings. The molecule has 3 aromatic rings. The van der Waals surface area contributed by atoms with Crippen LogP contribution in [0.15, 0.2) is 66.9 Å². The summed E-state index contributed by atoms with van der Waals surface area (Å²) in [7, 11) is 0. The molecule has 0 atom stereocenters. The topological polar surface area (TPSA) is 55.1 Å². The fourth-order valence-electron chi connectivity index (χ4n) is 2.22. The molecular weight excluding hydrogens is 312 g/mol. The van der Waals surface area contributed by atoms with Crippen molar-refractivity contribution in [2.45, 2.75) is 0 Å². The average molecular weight is 325 g/mol. The fourth-order valence-corrected chi connectivity index (χ4v) is 2.34. The number of hydrogen-bond acceptors (Lipinski definition) is 2. The van der Waals surface area contributed by atoms with Gasteiger partial charge in [-0.15, -0.1) is 0 Å². The summed E-state index contributed by atoms with van der Waals surface area (Å²) in [5.41, 5.74) is 3.19. The van der Waals surface area contributed by atoms with Crippen LogP contribution >= 0.6 is 11.6 Å². The van der Waals surface area contributed by atoms with Crippen LogP contribution in [-0.4, -0.2) is 20.9 Å². The lowest BCUT2D eigenvalue weighted by atomic mass is 10.1. The smallest absolute Gasteiger partial charge is 0.328 e. The van der Waals surface area contributed by atoms with E-state index in [2.05, 4.69) is 5.10 Å². The van der Waals surface area contributed by atoms with Crippen molar-refractivity contribution in [1.82, 2.24) is 9.78 Å². The molecular formula is C18H13ClN2O2. The minimum absolute atomic E-state index is 0.638. The Labute approximate surface area is 138 Å². The highest BCUT2D eigenvalue weighted by Crippen LogP contribution is 2.26. The van der Waals surface area contributed by atoms with E-state index in [-0.39, 0.29) is 0 Å². The zero-order valence-corrected chi connectivity index (χ0v) is 12.8. The number of aromatic nitrogens is 2. The van der Waals surface area contributed by atoms with E-state index in [9.17, 15) is 4.79 Å². The summed E-state index contributed by atoms with van der Waals surface area (Å²) in [5.74, 6) is -1.00. The Bertz CT molecular complexity index is 852. The van der Waals surface area contributed by atoms with Crippen LogP contribution in [0, 0.1) is 0 Å². The lowest BCUT2D eigenvalue weighted by Gasteiger charge is -2.00. The van der Waals surface area contributed by atoms with Gasteiger partial charge in [0.1, 0.15) is 0 Å². The summed E-state index contributed by atoms with van der Waals surface area (Å²) in [6.45, 7) is 0. The number of hydrogen-bond donors (Lipinski definition) is 1. The van der Waals surface area contributed by atoms with Gasteiger partial charge < -0.3 is 5.11 Å². The number of carboxylic acid groups (broad SMARTS) is 1. The van der Waals surface area contributed by atoms with Crippen molar-refractivity contribution < 1.29 is 9.90 Å². The molecule has 1 N–H and O–H groups in total. The molecule has 0 bridgehead atoms. The normalized spacial score (nSPS) is 11.0. The maximum Gasteiger partial charge on any atom is 0.328 e. The van der Waals surface area contributed by atoms with E-state index >= 15 is 0 Å². The molecule has 2 aromatic carbocycles. The van der Waals surface area contributed by atoms with Crippen molar-refractivity contribution in [3.63, 3.8) is 0 Å². The van der Waals surface area contributed by atoms with Crippen LogP contribution in [0.1, 0.15) is 5.56 Å². The zero-order valence-electron chi connectivity index (χ0n) is 12.1. The second-order valence-corrected chi connectivity index (χ2v) is 5.33. The Morgan fingerprint density at radius 3 is 2.43 bits per heavy atom. The van der Waals surface area contributed by atoms with Crippen LogP contribution in [0.25, 0.3) is 23.0 Å². The molecule has 1 aromatic heterocycles. The third-order valence-electron chi connectivity index (χ3n) is 3.29. The van der Waals surface area contributed by atoms with Crippen molar-refractivity contribution in [2.75, 3.05) is 0 Å². The highest BCUT2D eigenvalue weighted by molar-refractivity contribution is 6.30. The molecule has 0 aliphatic carbocycles. The first kappa shape index (κ1) is 15.1. The molecule has 0 amide bonds. The van der Waals surface area contributed by atoms with Gasteiger partial charge in [-0.2, -0.15) is 5.10 Å². The van der Waals surface area contributed by atoms with Gasteiger partial charge in [-0.25, -0.2) is 9.48 Å². The summed E-state index contributed by atoms with van der Waals surface area (Å²) in [6, 6.07) is 16.9. The van der Waals surface area contributed by atoms with E-state index in [0.717, 1.165) is 22.9 Å². The molecule has 0 unspecified atom stereocenters. The van der Waals surface area contributed by atoms with Gasteiger partial charge in [-0.3, -0.25) is 0 Å². The van der Waals surface area contributed by atoms with Gasteiger partial charge in [-0.1, -0.05) is 41.9 Å². The van der Waals surface area contributed by atoms with E-state index in [4.69, 9.17) is 16.7 Å². The van der Waals surface area contributed by atoms with E-state index in [1.54, 1.807) is 29.1 Å². The number of carbonyl (C=O) groups is 1. The van der Waals surface area contributed by atoms with Crippen LogP contribution in [0.5, 0.6) is 0 Å². The third kappa shape index (κ3) is 3.49. The van der Waals surface area contributed by atoms with Crippen LogP contribution in [0.4, 0.5) is 0 Å². The van der Waals surface area contributed by atoms with Crippen molar-refractivity contribution >= 4 is 23.6 Å². The lowest BCUT2D eigenvalue weighted by Crippen LogP contribution is -1.93. The summed E-state index contributed by atoms with van der Waals surface area (Å²) < 4.78 is 1.73. The Morgan fingerprint density at radius 1 is 1.09 bits per heavy atom. The highest BCUT2D eigenvalue weighted by atomic mass is 35.5. The quantitative estimate of drug-likeness (QED) is 0.728. The maximum atomic E-state index is 10.8. The minimum atomic E-state index is -1.00. The number of carboxylic acids is 1. The first-order valence-corrected chi connectivity index (χ1v) is 7.33. The zero-order chi connectivity index (χ0) is 16.2. The second-order valence-electron chi connectivity index (χ2n) is 4.89. The van der Waals surface area contributed by atoms with E-state index < -0.39 is 5.97 Å². The Balaban J connectivity index is 2.10. The molecule has 0 radical (unpaired) electrons. The standard InChI is InChI=1S/C18H13ClN2O2/c19-15-9-6-13(7-10-15)18-14(8-11-17(22)23)12-21(20-18)16-4-2-1-3-5-16/h1-12H,(H,22,23). The number of rotatable bonds is 4. The molecule has 0 saturated carbocycles. The number of para-hydroxylation sites is 1. The van der Waals surface area contributed by atoms with E-state index in [1.165, 1.54) is 0 Å². The van der Waals surface area contributed by atoms with Gasteiger partial charge in [0.25, 0.3) is 0 Å². The summed E-state index contributed by atoms with van der Waals surface area (Å²) in [6.07, 6.45) is 4.45. The number of halogens is 1. The molecule has 23 heavy (non-hydrogen) atoms. The van der Waals surface area contributed by atoms with Gasteiger partial charge in [-0.05, 0) is 30.3 Å². The molecule has 0 spiro atoms. The minimum Gasteiger partial charge on any atom is -0.478 e. The Morgan fingerprint density at radius 2 is 1.78 bits per heavy atom. The SMILES string of the molecule is O=C(O)C=Cc1cn(-c2ccccc2)nc1-c1ccc(Cl)cc1. The molecule has 3 rings (SSSR count). The Kier molecular flexibility index (Phi) is 4.26. The van der Waals surface area contributed by atoms with E-state index in [0.29, 0.717) is 10.7 Å². The summed E-state index contributed by atoms with van der Waals surface area (Å²) in [5, 5.41) is 14.1. The van der Waals surface area contributed by atoms with Crippen LogP contribution < -0.4 is 0 Å². The van der Waals surface area contributed by atoms with Crippen LogP contribution in [0.2, 0.25) is 5.02 Å². The molecule has 4 nitrogen and oxygen atoms in total. The van der Waals surface area contributed by atoms with Crippen molar-refractivity contribution in [1.29, 1.82) is 0 Å². The maximum absolute atomic E-state index is 10.8. The van der Waals surface area contributed by atoms with Crippen molar-refractivity contribution in [2.24, 2.45) is 0 Å². The molecule has 0 saturated heterocycles. The molecule has 114 valence electrons. The molecule has 0 fully saturated rings. The lowest BCUT2D eigenvalue weighted by molar-refractivity contribution is -0.131. The third-order valence-corrected chi connectivity index (χ3v) is 3.54. The predicted octanol–water partition coefficient (Wildman–Crippen LogP) is 4.29. The molecule has 1 heterocycles. The van der Waals surface area contributed by atoms with Crippen molar-refractivity contribution in [3.05, 3.63) is 77.5 Å². The van der Waals surface area contributed by atoms with Gasteiger partial charge in [0.2, 0.25) is 0 Å². The van der Waals surface area contributed by atoms with Gasteiger partial charge in [0.15, 0.2) is 0 Å². The van der Waals surface area contributed by atoms with Crippen molar-refractivity contribution in [3.8, 4) is 16.9 Å². The number of benzene rings is 2. The monoisotopic (exact) mass is 324 g/mol. The largest absolute Gasteiger partial charge is 0.478 e. The van der Waals surface area contributed by atoms with E-state index in [1.807, 2.05) is 42.5 Å². The van der Waals surface area contributed by atoms with Crippen LogP contribution in [-0.2, 0) is 4.79 Å². The van der Waals surface area contributed by atoms with Crippen LogP contribution in [0.3, 0.4) is 0 Å². The first-order chi connectivity index (χ1) is 11.1. The molecule has 5 heteroatoms. The highest BCUT2D eigenvalue weighted by Gasteiger charge is 2.10. The summed E-state index contributed by atoms with van der Waals surface area (Å²) >= 11 is 5.93. The van der Waals surface area contributed by atoms with Gasteiger partial charge >= 0.3 is 5.97 Å². The molecule has 0 aliphatic heterocycles. The summed E-state index contributed by atoms with van der Waals surface area (Å²) in [4.78, 5) is 10.8. The number of aliphatic carboxylic acids is 1. The Hall–Kier alpha value is -2.85.